The fraction of sp³-hybridized carbons (Fsp3) is 0.875. The molecule has 2 rings (SSSR count). The molecule has 1 N–H and O–H groups in total. The smallest absolute Gasteiger partial charge is 0.252 e. The third-order valence-electron chi connectivity index (χ3n) is 2.54. The normalized spacial score (nSPS) is 32.2. The molecule has 2 fully saturated rings. The molecule has 1 saturated carbocycles. The molecule has 0 spiro atoms. The molecule has 1 atom stereocenters. The minimum absolute atomic E-state index is 0.0269. The van der Waals surface area contributed by atoms with Gasteiger partial charge in [0.15, 0.2) is 0 Å². The van der Waals surface area contributed by atoms with Gasteiger partial charge in [0.1, 0.15) is 6.61 Å². The number of hydrogen-bond acceptors (Lipinski definition) is 3. The molecule has 1 aliphatic carbocycles. The first-order chi connectivity index (χ1) is 5.62. The Morgan fingerprint density at radius 1 is 1.67 bits per heavy atom. The van der Waals surface area contributed by atoms with Gasteiger partial charge >= 0.3 is 0 Å². The number of hydroxylamine groups is 2. The number of nitrogens with zero attached hydrogens (tertiary/aromatic N) is 1. The Morgan fingerprint density at radius 2 is 2.33 bits per heavy atom. The van der Waals surface area contributed by atoms with Crippen LogP contribution in [0.2, 0.25) is 0 Å². The molecule has 68 valence electrons. The summed E-state index contributed by atoms with van der Waals surface area (Å²) in [5, 5.41) is 10.4. The molecule has 12 heavy (non-hydrogen) atoms. The zero-order valence-corrected chi connectivity index (χ0v) is 7.12. The summed E-state index contributed by atoms with van der Waals surface area (Å²) in [6.45, 7) is 2.51. The standard InChI is InChI=1S/C8H13NO3/c1-8(2-3-8)7(11)9-4-6(10)5-12-9/h6,10H,2-5H2,1H3. The summed E-state index contributed by atoms with van der Waals surface area (Å²) in [4.78, 5) is 16.6. The van der Waals surface area contributed by atoms with Gasteiger partial charge in [-0.15, -0.1) is 0 Å². The zero-order valence-electron chi connectivity index (χ0n) is 7.12. The maximum absolute atomic E-state index is 11.6. The van der Waals surface area contributed by atoms with Crippen LogP contribution < -0.4 is 0 Å². The van der Waals surface area contributed by atoms with E-state index in [1.807, 2.05) is 6.92 Å². The first-order valence-corrected chi connectivity index (χ1v) is 4.25. The molecule has 1 amide bonds. The minimum atomic E-state index is -0.503. The number of rotatable bonds is 1. The average molecular weight is 171 g/mol. The van der Waals surface area contributed by atoms with Gasteiger partial charge in [-0.1, -0.05) is 6.92 Å². The molecule has 1 heterocycles. The maximum Gasteiger partial charge on any atom is 0.252 e. The summed E-state index contributed by atoms with van der Waals surface area (Å²) < 4.78 is 0. The fourth-order valence-electron chi connectivity index (χ4n) is 1.32. The lowest BCUT2D eigenvalue weighted by atomic mass is 10.1. The van der Waals surface area contributed by atoms with Gasteiger partial charge in [-0.05, 0) is 12.8 Å². The number of aliphatic hydroxyl groups is 1. The SMILES string of the molecule is CC1(C(=O)N2CC(O)CO2)CC1. The highest BCUT2D eigenvalue weighted by Gasteiger charge is 2.48. The van der Waals surface area contributed by atoms with Gasteiger partial charge in [0.2, 0.25) is 0 Å². The van der Waals surface area contributed by atoms with Crippen molar-refractivity contribution in [3.63, 3.8) is 0 Å². The molecule has 4 heteroatoms. The second-order valence-corrected chi connectivity index (χ2v) is 3.88. The summed E-state index contributed by atoms with van der Waals surface area (Å²) in [5.74, 6) is 0.0269. The van der Waals surface area contributed by atoms with Crippen LogP contribution in [-0.2, 0) is 9.63 Å². The van der Waals surface area contributed by atoms with Crippen LogP contribution in [0.25, 0.3) is 0 Å². The molecule has 1 saturated heterocycles. The van der Waals surface area contributed by atoms with E-state index in [-0.39, 0.29) is 17.9 Å². The molecule has 1 aliphatic heterocycles. The van der Waals surface area contributed by atoms with E-state index in [1.54, 1.807) is 0 Å². The largest absolute Gasteiger partial charge is 0.389 e. The van der Waals surface area contributed by atoms with Gasteiger partial charge in [-0.2, -0.15) is 0 Å². The second-order valence-electron chi connectivity index (χ2n) is 3.88. The van der Waals surface area contributed by atoms with Crippen molar-refractivity contribution in [2.75, 3.05) is 13.2 Å². The number of aliphatic hydroxyl groups excluding tert-OH is 1. The predicted octanol–water partition coefficient (Wildman–Crippen LogP) is -0.0788. The van der Waals surface area contributed by atoms with Crippen LogP contribution in [0.15, 0.2) is 0 Å². The predicted molar refractivity (Wildman–Crippen MR) is 41.0 cm³/mol. The Balaban J connectivity index is 1.97. The monoisotopic (exact) mass is 171 g/mol. The van der Waals surface area contributed by atoms with E-state index in [0.717, 1.165) is 12.8 Å². The lowest BCUT2D eigenvalue weighted by Crippen LogP contribution is -2.33. The number of amides is 1. The molecule has 0 aromatic heterocycles. The summed E-state index contributed by atoms with van der Waals surface area (Å²) in [5.41, 5.74) is -0.190. The fourth-order valence-corrected chi connectivity index (χ4v) is 1.32. The van der Waals surface area contributed by atoms with Crippen LogP contribution in [0.4, 0.5) is 0 Å². The molecular formula is C8H13NO3. The first kappa shape index (κ1) is 8.01. The van der Waals surface area contributed by atoms with E-state index in [9.17, 15) is 4.79 Å². The highest BCUT2D eigenvalue weighted by atomic mass is 16.7. The second kappa shape index (κ2) is 2.44. The third kappa shape index (κ3) is 1.21. The lowest BCUT2D eigenvalue weighted by Gasteiger charge is -2.17. The van der Waals surface area contributed by atoms with E-state index in [1.165, 1.54) is 5.06 Å². The molecule has 1 unspecified atom stereocenters. The number of hydrogen-bond donors (Lipinski definition) is 1. The van der Waals surface area contributed by atoms with E-state index >= 15 is 0 Å². The average Bonchev–Trinajstić information content (AvgIpc) is 2.62. The van der Waals surface area contributed by atoms with E-state index in [2.05, 4.69) is 0 Å². The third-order valence-corrected chi connectivity index (χ3v) is 2.54. The molecule has 4 nitrogen and oxygen atoms in total. The van der Waals surface area contributed by atoms with Crippen LogP contribution in [0, 0.1) is 5.41 Å². The van der Waals surface area contributed by atoms with E-state index in [0.29, 0.717) is 6.54 Å². The van der Waals surface area contributed by atoms with Crippen molar-refractivity contribution in [2.24, 2.45) is 5.41 Å². The lowest BCUT2D eigenvalue weighted by molar-refractivity contribution is -0.174. The molecule has 0 aromatic rings. The van der Waals surface area contributed by atoms with Crippen LogP contribution in [-0.4, -0.2) is 35.3 Å². The highest BCUT2D eigenvalue weighted by Crippen LogP contribution is 2.46. The van der Waals surface area contributed by atoms with Gasteiger partial charge in [-0.25, -0.2) is 5.06 Å². The number of carbonyl (C=O) groups excluding carboxylic acids is 1. The van der Waals surface area contributed by atoms with Gasteiger partial charge in [0.25, 0.3) is 5.91 Å². The Bertz CT molecular complexity index is 212. The molecule has 0 aromatic carbocycles. The number of carbonyl (C=O) groups is 1. The van der Waals surface area contributed by atoms with Crippen LogP contribution in [0.1, 0.15) is 19.8 Å². The Kier molecular flexibility index (Phi) is 1.63. The van der Waals surface area contributed by atoms with E-state index < -0.39 is 6.10 Å². The molecule has 2 aliphatic rings. The van der Waals surface area contributed by atoms with Gasteiger partial charge in [0, 0.05) is 5.41 Å². The molecule has 0 radical (unpaired) electrons. The Morgan fingerprint density at radius 3 is 2.75 bits per heavy atom. The first-order valence-electron chi connectivity index (χ1n) is 4.25. The van der Waals surface area contributed by atoms with Crippen molar-refractivity contribution in [1.29, 1.82) is 0 Å². The van der Waals surface area contributed by atoms with Crippen molar-refractivity contribution >= 4 is 5.91 Å². The zero-order chi connectivity index (χ0) is 8.77. The van der Waals surface area contributed by atoms with Crippen LogP contribution in [0.3, 0.4) is 0 Å². The summed E-state index contributed by atoms with van der Waals surface area (Å²) in [6, 6.07) is 0. The van der Waals surface area contributed by atoms with Crippen LogP contribution in [0.5, 0.6) is 0 Å². The van der Waals surface area contributed by atoms with Crippen molar-refractivity contribution in [2.45, 2.75) is 25.9 Å². The van der Waals surface area contributed by atoms with Crippen LogP contribution >= 0.6 is 0 Å². The molecule has 0 bridgehead atoms. The van der Waals surface area contributed by atoms with E-state index in [4.69, 9.17) is 9.94 Å². The Labute approximate surface area is 71.1 Å². The van der Waals surface area contributed by atoms with Gasteiger partial charge < -0.3 is 5.11 Å². The number of β-amino-alcohol motifs (C(OH)–C–C–N with tert-alkyl or cyclic N) is 1. The quantitative estimate of drug-likeness (QED) is 0.600. The summed E-state index contributed by atoms with van der Waals surface area (Å²) >= 11 is 0. The van der Waals surface area contributed by atoms with Gasteiger partial charge in [-0.3, -0.25) is 9.63 Å². The summed E-state index contributed by atoms with van der Waals surface area (Å²) in [6.07, 6.45) is 1.39. The van der Waals surface area contributed by atoms with Crippen molar-refractivity contribution in [3.05, 3.63) is 0 Å². The van der Waals surface area contributed by atoms with Gasteiger partial charge in [0.05, 0.1) is 12.6 Å². The topological polar surface area (TPSA) is 49.8 Å². The van der Waals surface area contributed by atoms with Crippen molar-refractivity contribution < 1.29 is 14.7 Å². The van der Waals surface area contributed by atoms with Crippen molar-refractivity contribution in [3.8, 4) is 0 Å². The Hall–Kier alpha value is -0.610. The maximum atomic E-state index is 11.6. The molecular weight excluding hydrogens is 158 g/mol. The highest BCUT2D eigenvalue weighted by molar-refractivity contribution is 5.84. The minimum Gasteiger partial charge on any atom is -0.389 e. The van der Waals surface area contributed by atoms with Crippen molar-refractivity contribution in [1.82, 2.24) is 5.06 Å². The summed E-state index contributed by atoms with van der Waals surface area (Å²) in [7, 11) is 0.